The Bertz CT molecular complexity index is 986. The SMILES string of the molecule is Cc1nc(-c2ccccc2Cl)sc1CNC(=O)Cc1ccc([N+](=O)[O-])cc1. The summed E-state index contributed by atoms with van der Waals surface area (Å²) in [6.45, 7) is 2.27. The number of thiazole rings is 1. The number of halogens is 1. The number of nitro groups is 1. The summed E-state index contributed by atoms with van der Waals surface area (Å²) in [5, 5.41) is 15.0. The molecule has 1 aromatic heterocycles. The van der Waals surface area contributed by atoms with Crippen molar-refractivity contribution in [2.75, 3.05) is 0 Å². The molecule has 0 radical (unpaired) electrons. The van der Waals surface area contributed by atoms with Crippen LogP contribution in [0.1, 0.15) is 16.1 Å². The summed E-state index contributed by atoms with van der Waals surface area (Å²) >= 11 is 7.72. The van der Waals surface area contributed by atoms with Crippen LogP contribution in [0, 0.1) is 17.0 Å². The predicted molar refractivity (Wildman–Crippen MR) is 106 cm³/mol. The van der Waals surface area contributed by atoms with Crippen molar-refractivity contribution in [3.05, 3.63) is 79.8 Å². The highest BCUT2D eigenvalue weighted by Crippen LogP contribution is 2.32. The quantitative estimate of drug-likeness (QED) is 0.485. The number of benzene rings is 2. The molecule has 0 spiro atoms. The molecule has 0 aliphatic rings. The standard InChI is InChI=1S/C19H16ClN3O3S/c1-12-17(27-19(22-12)15-4-2-3-5-16(15)20)11-21-18(24)10-13-6-8-14(9-7-13)23(25)26/h2-9H,10-11H2,1H3,(H,21,24). The molecular formula is C19H16ClN3O3S. The number of aryl methyl sites for hydroxylation is 1. The normalized spacial score (nSPS) is 10.6. The Kier molecular flexibility index (Phi) is 5.83. The number of non-ortho nitro benzene ring substituents is 1. The maximum Gasteiger partial charge on any atom is 0.269 e. The zero-order valence-corrected chi connectivity index (χ0v) is 16.0. The number of carbonyl (C=O) groups is 1. The van der Waals surface area contributed by atoms with Gasteiger partial charge in [0, 0.05) is 22.6 Å². The van der Waals surface area contributed by atoms with Crippen LogP contribution in [-0.4, -0.2) is 15.8 Å². The Morgan fingerprint density at radius 1 is 1.22 bits per heavy atom. The van der Waals surface area contributed by atoms with Crippen LogP contribution in [0.5, 0.6) is 0 Å². The molecule has 2 aromatic carbocycles. The molecule has 1 amide bonds. The molecular weight excluding hydrogens is 386 g/mol. The first-order valence-electron chi connectivity index (χ1n) is 8.15. The molecule has 1 N–H and O–H groups in total. The monoisotopic (exact) mass is 401 g/mol. The Balaban J connectivity index is 1.62. The van der Waals surface area contributed by atoms with Crippen molar-refractivity contribution in [3.63, 3.8) is 0 Å². The summed E-state index contributed by atoms with van der Waals surface area (Å²) in [6, 6.07) is 13.5. The summed E-state index contributed by atoms with van der Waals surface area (Å²) in [7, 11) is 0. The molecule has 0 aliphatic carbocycles. The molecule has 0 unspecified atom stereocenters. The van der Waals surface area contributed by atoms with Gasteiger partial charge in [-0.3, -0.25) is 14.9 Å². The summed E-state index contributed by atoms with van der Waals surface area (Å²) in [5.74, 6) is -0.157. The lowest BCUT2D eigenvalue weighted by Crippen LogP contribution is -2.24. The van der Waals surface area contributed by atoms with Gasteiger partial charge < -0.3 is 5.32 Å². The van der Waals surface area contributed by atoms with Crippen molar-refractivity contribution < 1.29 is 9.72 Å². The van der Waals surface area contributed by atoms with E-state index in [0.717, 1.165) is 26.7 Å². The van der Waals surface area contributed by atoms with Crippen LogP contribution in [0.2, 0.25) is 5.02 Å². The number of nitro benzene ring substituents is 1. The van der Waals surface area contributed by atoms with Crippen LogP contribution in [0.3, 0.4) is 0 Å². The molecule has 0 bridgehead atoms. The van der Waals surface area contributed by atoms with E-state index in [1.165, 1.54) is 23.5 Å². The third kappa shape index (κ3) is 4.69. The first-order chi connectivity index (χ1) is 12.9. The second-order valence-corrected chi connectivity index (χ2v) is 7.38. The molecule has 0 saturated carbocycles. The molecule has 0 fully saturated rings. The zero-order valence-electron chi connectivity index (χ0n) is 14.4. The molecule has 3 aromatic rings. The molecule has 8 heteroatoms. The van der Waals surface area contributed by atoms with Gasteiger partial charge in [-0.1, -0.05) is 41.9 Å². The topological polar surface area (TPSA) is 85.1 Å². The van der Waals surface area contributed by atoms with Gasteiger partial charge in [0.1, 0.15) is 5.01 Å². The summed E-state index contributed by atoms with van der Waals surface area (Å²) in [4.78, 5) is 27.9. The third-order valence-corrected chi connectivity index (χ3v) is 5.48. The van der Waals surface area contributed by atoms with E-state index in [2.05, 4.69) is 10.3 Å². The van der Waals surface area contributed by atoms with Gasteiger partial charge >= 0.3 is 0 Å². The number of aromatic nitrogens is 1. The highest BCUT2D eigenvalue weighted by atomic mass is 35.5. The first-order valence-corrected chi connectivity index (χ1v) is 9.34. The molecule has 0 aliphatic heterocycles. The van der Waals surface area contributed by atoms with Crippen molar-refractivity contribution in [3.8, 4) is 10.6 Å². The van der Waals surface area contributed by atoms with Gasteiger partial charge in [-0.2, -0.15) is 0 Å². The largest absolute Gasteiger partial charge is 0.351 e. The average Bonchev–Trinajstić information content (AvgIpc) is 3.01. The second kappa shape index (κ2) is 8.28. The Hall–Kier alpha value is -2.77. The van der Waals surface area contributed by atoms with E-state index in [9.17, 15) is 14.9 Å². The smallest absolute Gasteiger partial charge is 0.269 e. The van der Waals surface area contributed by atoms with Crippen molar-refractivity contribution in [1.29, 1.82) is 0 Å². The molecule has 0 atom stereocenters. The lowest BCUT2D eigenvalue weighted by Gasteiger charge is -2.04. The van der Waals surface area contributed by atoms with Crippen molar-refractivity contribution in [2.24, 2.45) is 0 Å². The number of rotatable bonds is 6. The van der Waals surface area contributed by atoms with Crippen LogP contribution >= 0.6 is 22.9 Å². The highest BCUT2D eigenvalue weighted by Gasteiger charge is 2.13. The Morgan fingerprint density at radius 2 is 1.93 bits per heavy atom. The fourth-order valence-corrected chi connectivity index (χ4v) is 3.83. The van der Waals surface area contributed by atoms with Crippen molar-refractivity contribution in [2.45, 2.75) is 19.9 Å². The highest BCUT2D eigenvalue weighted by molar-refractivity contribution is 7.15. The summed E-state index contributed by atoms with van der Waals surface area (Å²) in [5.41, 5.74) is 2.45. The van der Waals surface area contributed by atoms with Gasteiger partial charge in [-0.05, 0) is 18.6 Å². The van der Waals surface area contributed by atoms with Crippen LogP contribution in [0.15, 0.2) is 48.5 Å². The van der Waals surface area contributed by atoms with Crippen LogP contribution in [0.4, 0.5) is 5.69 Å². The van der Waals surface area contributed by atoms with Gasteiger partial charge in [0.05, 0.1) is 28.6 Å². The molecule has 0 saturated heterocycles. The van der Waals surface area contributed by atoms with E-state index in [1.54, 1.807) is 12.1 Å². The predicted octanol–water partition coefficient (Wildman–Crippen LogP) is 4.54. The van der Waals surface area contributed by atoms with Crippen molar-refractivity contribution >= 4 is 34.5 Å². The average molecular weight is 402 g/mol. The Morgan fingerprint density at radius 3 is 2.59 bits per heavy atom. The van der Waals surface area contributed by atoms with Gasteiger partial charge in [0.15, 0.2) is 0 Å². The zero-order chi connectivity index (χ0) is 19.4. The number of nitrogens with one attached hydrogen (secondary N) is 1. The van der Waals surface area contributed by atoms with Gasteiger partial charge in [-0.15, -0.1) is 11.3 Å². The van der Waals surface area contributed by atoms with E-state index in [4.69, 9.17) is 11.6 Å². The van der Waals surface area contributed by atoms with E-state index >= 15 is 0 Å². The van der Waals surface area contributed by atoms with Crippen LogP contribution in [0.25, 0.3) is 10.6 Å². The van der Waals surface area contributed by atoms with Crippen LogP contribution in [-0.2, 0) is 17.8 Å². The fourth-order valence-electron chi connectivity index (χ4n) is 2.50. The second-order valence-electron chi connectivity index (χ2n) is 5.88. The van der Waals surface area contributed by atoms with Gasteiger partial charge in [0.2, 0.25) is 5.91 Å². The minimum absolute atomic E-state index is 0.00606. The fraction of sp³-hybridized carbons (Fsp3) is 0.158. The number of carbonyl (C=O) groups excluding carboxylic acids is 1. The lowest BCUT2D eigenvalue weighted by atomic mass is 10.1. The van der Waals surface area contributed by atoms with E-state index in [1.807, 2.05) is 31.2 Å². The van der Waals surface area contributed by atoms with Gasteiger partial charge in [-0.25, -0.2) is 4.98 Å². The number of amides is 1. The summed E-state index contributed by atoms with van der Waals surface area (Å²) in [6.07, 6.45) is 0.160. The molecule has 1 heterocycles. The van der Waals surface area contributed by atoms with E-state index in [0.29, 0.717) is 11.6 Å². The molecule has 27 heavy (non-hydrogen) atoms. The summed E-state index contributed by atoms with van der Waals surface area (Å²) < 4.78 is 0. The minimum Gasteiger partial charge on any atom is -0.351 e. The van der Waals surface area contributed by atoms with Crippen LogP contribution < -0.4 is 5.32 Å². The number of hydrogen-bond donors (Lipinski definition) is 1. The lowest BCUT2D eigenvalue weighted by molar-refractivity contribution is -0.384. The molecule has 3 rings (SSSR count). The van der Waals surface area contributed by atoms with E-state index < -0.39 is 4.92 Å². The molecule has 6 nitrogen and oxygen atoms in total. The maximum atomic E-state index is 12.2. The first kappa shape index (κ1) is 19.0. The maximum absolute atomic E-state index is 12.2. The minimum atomic E-state index is -0.465. The van der Waals surface area contributed by atoms with E-state index in [-0.39, 0.29) is 18.0 Å². The van der Waals surface area contributed by atoms with Crippen molar-refractivity contribution in [1.82, 2.24) is 10.3 Å². The van der Waals surface area contributed by atoms with Gasteiger partial charge in [0.25, 0.3) is 5.69 Å². The number of nitrogens with zero attached hydrogens (tertiary/aromatic N) is 2. The number of hydrogen-bond acceptors (Lipinski definition) is 5. The Labute approximate surface area is 165 Å². The molecule has 138 valence electrons. The third-order valence-electron chi connectivity index (χ3n) is 3.95.